The van der Waals surface area contributed by atoms with Gasteiger partial charge in [0, 0.05) is 14.7 Å². The zero-order chi connectivity index (χ0) is 35.0. The molecule has 7 rings (SSSR count). The Morgan fingerprint density at radius 3 is 0.863 bits per heavy atom. The Bertz CT molecular complexity index is 1980. The number of phenols is 3. The molecule has 1 aromatic heterocycles. The monoisotopic (exact) mass is 723 g/mol. The van der Waals surface area contributed by atoms with Gasteiger partial charge in [0.1, 0.15) is 17.2 Å². The number of aromatic nitrogens is 3. The maximum Gasteiger partial charge on any atom is 0.197 e. The highest BCUT2D eigenvalue weighted by Gasteiger charge is 2.16. The molecule has 0 fully saturated rings. The molecule has 0 saturated carbocycles. The summed E-state index contributed by atoms with van der Waals surface area (Å²) in [5, 5.41) is 31.2. The second kappa shape index (κ2) is 16.2. The maximum atomic E-state index is 9.79. The summed E-state index contributed by atoms with van der Waals surface area (Å²) >= 11 is 4.55. The van der Waals surface area contributed by atoms with Gasteiger partial charge in [-0.3, -0.25) is 0 Å². The van der Waals surface area contributed by atoms with Crippen molar-refractivity contribution in [2.75, 3.05) is 0 Å². The van der Waals surface area contributed by atoms with Crippen LogP contribution in [-0.4, -0.2) is 30.3 Å². The molecule has 0 atom stereocenters. The van der Waals surface area contributed by atoms with E-state index in [4.69, 9.17) is 15.0 Å². The first kappa shape index (κ1) is 34.2. The van der Waals surface area contributed by atoms with E-state index in [0.717, 1.165) is 48.1 Å². The topological polar surface area (TPSA) is 99.4 Å². The molecule has 0 spiro atoms. The highest BCUT2D eigenvalue weighted by atomic mass is 32.2. The quantitative estimate of drug-likeness (QED) is 0.114. The number of phenolic OH excluding ortho intramolecular Hbond substituents is 3. The average molecular weight is 724 g/mol. The molecule has 0 unspecified atom stereocenters. The molecule has 0 radical (unpaired) electrons. The highest BCUT2D eigenvalue weighted by Crippen LogP contribution is 2.37. The molecule has 0 aliphatic heterocycles. The van der Waals surface area contributed by atoms with E-state index in [1.807, 2.05) is 72.8 Å². The Kier molecular flexibility index (Phi) is 10.9. The Balaban J connectivity index is 1.22. The van der Waals surface area contributed by atoms with E-state index >= 15 is 0 Å². The van der Waals surface area contributed by atoms with Gasteiger partial charge in [0.15, 0.2) is 15.5 Å². The Labute approximate surface area is 309 Å². The predicted molar refractivity (Wildman–Crippen MR) is 204 cm³/mol. The van der Waals surface area contributed by atoms with E-state index in [1.54, 1.807) is 36.4 Å². The van der Waals surface area contributed by atoms with Crippen molar-refractivity contribution in [2.24, 2.45) is 0 Å². The molecular weight excluding hydrogens is 691 g/mol. The van der Waals surface area contributed by atoms with Crippen molar-refractivity contribution in [1.29, 1.82) is 0 Å². The maximum absolute atomic E-state index is 9.79. The molecule has 6 nitrogen and oxygen atoms in total. The Hall–Kier alpha value is -5.22. The zero-order valence-electron chi connectivity index (χ0n) is 27.4. The predicted octanol–water partition coefficient (Wildman–Crippen LogP) is 10.2. The smallest absolute Gasteiger partial charge is 0.197 e. The molecule has 1 heterocycles. The Morgan fingerprint density at radius 1 is 0.333 bits per heavy atom. The van der Waals surface area contributed by atoms with E-state index in [0.29, 0.717) is 34.7 Å². The molecule has 0 amide bonds. The van der Waals surface area contributed by atoms with Crippen molar-refractivity contribution >= 4 is 35.3 Å². The summed E-state index contributed by atoms with van der Waals surface area (Å²) in [7, 11) is 0. The molecule has 3 N–H and O–H groups in total. The van der Waals surface area contributed by atoms with Crippen LogP contribution in [0.5, 0.6) is 17.2 Å². The first-order chi connectivity index (χ1) is 24.9. The molecule has 7 aromatic rings. The number of rotatable bonds is 12. The molecule has 9 heteroatoms. The lowest BCUT2D eigenvalue weighted by Crippen LogP contribution is -2.00. The first-order valence-electron chi connectivity index (χ1n) is 16.3. The van der Waals surface area contributed by atoms with Crippen LogP contribution in [0.1, 0.15) is 33.4 Å². The fraction of sp³-hybridized carbons (Fsp3) is 0.0714. The van der Waals surface area contributed by atoms with Gasteiger partial charge in [-0.15, -0.1) is 0 Å². The van der Waals surface area contributed by atoms with Crippen molar-refractivity contribution in [1.82, 2.24) is 15.0 Å². The third-order valence-corrected chi connectivity index (χ3v) is 11.0. The van der Waals surface area contributed by atoms with Crippen LogP contribution < -0.4 is 0 Å². The summed E-state index contributed by atoms with van der Waals surface area (Å²) in [6, 6.07) is 46.7. The van der Waals surface area contributed by atoms with Crippen LogP contribution in [-0.2, 0) is 19.3 Å². The van der Waals surface area contributed by atoms with E-state index in [2.05, 4.69) is 36.4 Å². The molecule has 252 valence electrons. The van der Waals surface area contributed by atoms with Gasteiger partial charge in [-0.05, 0) is 143 Å². The van der Waals surface area contributed by atoms with Gasteiger partial charge >= 0.3 is 0 Å². The van der Waals surface area contributed by atoms with E-state index in [9.17, 15) is 15.3 Å². The number of hydrogen-bond donors (Lipinski definition) is 3. The normalized spacial score (nSPS) is 11.1. The number of aromatic hydroxyl groups is 3. The summed E-state index contributed by atoms with van der Waals surface area (Å²) in [6.45, 7) is 0. The molecule has 0 saturated heterocycles. The van der Waals surface area contributed by atoms with Crippen LogP contribution in [0.25, 0.3) is 0 Å². The van der Waals surface area contributed by atoms with Crippen molar-refractivity contribution in [3.63, 3.8) is 0 Å². The summed E-state index contributed by atoms with van der Waals surface area (Å²) in [6.07, 6.45) is 2.10. The summed E-state index contributed by atoms with van der Waals surface area (Å²) in [5.74, 6) is 0.739. The van der Waals surface area contributed by atoms with Crippen LogP contribution >= 0.6 is 35.3 Å². The highest BCUT2D eigenvalue weighted by molar-refractivity contribution is 8.00. The number of hydrogen-bond acceptors (Lipinski definition) is 9. The Morgan fingerprint density at radius 2 is 0.588 bits per heavy atom. The largest absolute Gasteiger partial charge is 0.508 e. The zero-order valence-corrected chi connectivity index (χ0v) is 29.8. The molecule has 0 aliphatic carbocycles. The summed E-state index contributed by atoms with van der Waals surface area (Å²) < 4.78 is 0. The van der Waals surface area contributed by atoms with Gasteiger partial charge in [-0.1, -0.05) is 91.0 Å². The van der Waals surface area contributed by atoms with Gasteiger partial charge in [0.25, 0.3) is 0 Å². The molecular formula is C42H33N3O3S3. The second-order valence-corrected chi connectivity index (χ2v) is 14.9. The third kappa shape index (κ3) is 9.32. The average Bonchev–Trinajstić information content (AvgIpc) is 3.13. The van der Waals surface area contributed by atoms with Crippen LogP contribution in [0, 0.1) is 0 Å². The fourth-order valence-corrected chi connectivity index (χ4v) is 8.31. The van der Waals surface area contributed by atoms with Gasteiger partial charge in [-0.2, -0.15) is 15.0 Å². The van der Waals surface area contributed by atoms with Gasteiger partial charge < -0.3 is 15.3 Å². The van der Waals surface area contributed by atoms with Crippen LogP contribution in [0.4, 0.5) is 0 Å². The SMILES string of the molecule is Oc1ccc(Cc2ccccc2Sc2nc(Sc3ccccc3Cc3ccc(O)cc3)nc(Sc3ccccc3Cc3ccc(O)cc3)n2)cc1. The van der Waals surface area contributed by atoms with Crippen LogP contribution in [0.2, 0.25) is 0 Å². The van der Waals surface area contributed by atoms with E-state index in [-0.39, 0.29) is 17.2 Å². The lowest BCUT2D eigenvalue weighted by molar-refractivity contribution is 0.474. The minimum atomic E-state index is 0.246. The van der Waals surface area contributed by atoms with E-state index in [1.165, 1.54) is 35.3 Å². The van der Waals surface area contributed by atoms with Crippen molar-refractivity contribution in [3.05, 3.63) is 179 Å². The standard InChI is InChI=1S/C42H33N3O3S3/c46-34-19-13-28(14-20-34)25-31-7-1-4-10-37(31)49-40-43-41(50-38-11-5-2-8-32(38)26-29-15-21-35(47)22-16-29)45-42(44-40)51-39-12-6-3-9-33(39)27-30-17-23-36(48)24-18-30/h1-24,46-48H,25-27H2. The minimum absolute atomic E-state index is 0.246. The molecule has 51 heavy (non-hydrogen) atoms. The molecule has 0 aliphatic rings. The first-order valence-corrected chi connectivity index (χ1v) is 18.8. The number of benzene rings is 6. The van der Waals surface area contributed by atoms with E-state index < -0.39 is 0 Å². The summed E-state index contributed by atoms with van der Waals surface area (Å²) in [4.78, 5) is 18.1. The lowest BCUT2D eigenvalue weighted by Gasteiger charge is -2.13. The van der Waals surface area contributed by atoms with Gasteiger partial charge in [0.2, 0.25) is 0 Å². The van der Waals surface area contributed by atoms with Crippen molar-refractivity contribution in [3.8, 4) is 17.2 Å². The lowest BCUT2D eigenvalue weighted by atomic mass is 10.1. The summed E-state index contributed by atoms with van der Waals surface area (Å²) in [5.41, 5.74) is 6.69. The van der Waals surface area contributed by atoms with Crippen LogP contribution in [0.3, 0.4) is 0 Å². The minimum Gasteiger partial charge on any atom is -0.508 e. The van der Waals surface area contributed by atoms with Gasteiger partial charge in [-0.25, -0.2) is 0 Å². The van der Waals surface area contributed by atoms with Crippen LogP contribution in [0.15, 0.2) is 176 Å². The molecule has 6 aromatic carbocycles. The van der Waals surface area contributed by atoms with Gasteiger partial charge in [0.05, 0.1) is 0 Å². The fourth-order valence-electron chi connectivity index (χ4n) is 5.50. The third-order valence-electron chi connectivity index (χ3n) is 8.09. The van der Waals surface area contributed by atoms with Crippen molar-refractivity contribution < 1.29 is 15.3 Å². The second-order valence-electron chi connectivity index (χ2n) is 11.8. The number of nitrogens with zero attached hydrogens (tertiary/aromatic N) is 3. The van der Waals surface area contributed by atoms with Crippen molar-refractivity contribution in [2.45, 2.75) is 49.4 Å². The molecule has 0 bridgehead atoms.